The topological polar surface area (TPSA) is 68.3 Å². The number of anilines is 1. The van der Waals surface area contributed by atoms with E-state index < -0.39 is 0 Å². The molecule has 1 aromatic heterocycles. The fourth-order valence-electron chi connectivity index (χ4n) is 2.42. The highest BCUT2D eigenvalue weighted by atomic mass is 32.1. The van der Waals surface area contributed by atoms with Gasteiger partial charge >= 0.3 is 0 Å². The van der Waals surface area contributed by atoms with Gasteiger partial charge in [0.05, 0.1) is 20.3 Å². The van der Waals surface area contributed by atoms with Crippen molar-refractivity contribution in [2.24, 2.45) is 0 Å². The molecular formula is C14H22N4O2S. The summed E-state index contributed by atoms with van der Waals surface area (Å²) in [6.45, 7) is 0. The van der Waals surface area contributed by atoms with Gasteiger partial charge < -0.3 is 20.1 Å². The smallest absolute Gasteiger partial charge is 0.235 e. The number of hydrogen-bond donors (Lipinski definition) is 2. The van der Waals surface area contributed by atoms with Crippen LogP contribution in [0.3, 0.4) is 0 Å². The Labute approximate surface area is 130 Å². The van der Waals surface area contributed by atoms with Gasteiger partial charge in [-0.2, -0.15) is 9.97 Å². The van der Waals surface area contributed by atoms with Crippen molar-refractivity contribution in [2.75, 3.05) is 19.5 Å². The average Bonchev–Trinajstić information content (AvgIpc) is 2.75. The summed E-state index contributed by atoms with van der Waals surface area (Å²) in [4.78, 5) is 8.40. The summed E-state index contributed by atoms with van der Waals surface area (Å²) in [5, 5.41) is 6.88. The van der Waals surface area contributed by atoms with Gasteiger partial charge in [0.25, 0.3) is 0 Å². The Hall–Kier alpha value is -1.63. The van der Waals surface area contributed by atoms with Gasteiger partial charge in [0.2, 0.25) is 17.7 Å². The molecule has 0 spiro atoms. The number of nitrogens with one attached hydrogen (secondary N) is 2. The zero-order valence-corrected chi connectivity index (χ0v) is 13.3. The molecule has 0 amide bonds. The van der Waals surface area contributed by atoms with Crippen LogP contribution >= 0.6 is 12.2 Å². The lowest BCUT2D eigenvalue weighted by Crippen LogP contribution is -2.37. The first-order chi connectivity index (χ1) is 10.2. The maximum absolute atomic E-state index is 5.34. The zero-order valence-electron chi connectivity index (χ0n) is 12.5. The van der Waals surface area contributed by atoms with Gasteiger partial charge in [-0.05, 0) is 25.1 Å². The van der Waals surface area contributed by atoms with Crippen molar-refractivity contribution in [3.05, 3.63) is 6.07 Å². The third-order valence-corrected chi connectivity index (χ3v) is 3.73. The summed E-state index contributed by atoms with van der Waals surface area (Å²) in [6, 6.07) is 2.05. The van der Waals surface area contributed by atoms with Gasteiger partial charge in [-0.3, -0.25) is 0 Å². The molecule has 1 aliphatic carbocycles. The van der Waals surface area contributed by atoms with Gasteiger partial charge in [0.1, 0.15) is 0 Å². The van der Waals surface area contributed by atoms with Crippen molar-refractivity contribution in [1.82, 2.24) is 15.3 Å². The van der Waals surface area contributed by atoms with Crippen LogP contribution in [0.1, 0.15) is 38.5 Å². The Bertz CT molecular complexity index is 454. The Kier molecular flexibility index (Phi) is 5.98. The van der Waals surface area contributed by atoms with Crippen LogP contribution in [0.25, 0.3) is 0 Å². The molecule has 2 rings (SSSR count). The second kappa shape index (κ2) is 7.97. The van der Waals surface area contributed by atoms with Gasteiger partial charge in [0, 0.05) is 6.04 Å². The second-order valence-electron chi connectivity index (χ2n) is 5.06. The summed E-state index contributed by atoms with van der Waals surface area (Å²) in [5.74, 6) is 1.24. The van der Waals surface area contributed by atoms with Crippen molar-refractivity contribution in [3.8, 4) is 11.8 Å². The number of methoxy groups -OCH3 is 2. The zero-order chi connectivity index (χ0) is 15.1. The van der Waals surface area contributed by atoms with Crippen LogP contribution in [-0.2, 0) is 0 Å². The SMILES string of the molecule is COc1cc(OC)nc(NC(=S)NC2CCCCCC2)n1. The largest absolute Gasteiger partial charge is 0.481 e. The molecular weight excluding hydrogens is 288 g/mol. The Morgan fingerprint density at radius 1 is 1.10 bits per heavy atom. The minimum absolute atomic E-state index is 0.373. The lowest BCUT2D eigenvalue weighted by atomic mass is 10.1. The number of nitrogens with zero attached hydrogens (tertiary/aromatic N) is 2. The van der Waals surface area contributed by atoms with E-state index in [9.17, 15) is 0 Å². The van der Waals surface area contributed by atoms with Crippen LogP contribution in [0, 0.1) is 0 Å². The van der Waals surface area contributed by atoms with Crippen molar-refractivity contribution in [2.45, 2.75) is 44.6 Å². The summed E-state index contributed by atoms with van der Waals surface area (Å²) in [5.41, 5.74) is 0. The highest BCUT2D eigenvalue weighted by Crippen LogP contribution is 2.19. The molecule has 116 valence electrons. The third-order valence-electron chi connectivity index (χ3n) is 3.51. The van der Waals surface area contributed by atoms with E-state index in [1.165, 1.54) is 25.7 Å². The molecule has 1 heterocycles. The van der Waals surface area contributed by atoms with Gasteiger partial charge in [-0.15, -0.1) is 0 Å². The van der Waals surface area contributed by atoms with E-state index >= 15 is 0 Å². The number of hydrogen-bond acceptors (Lipinski definition) is 5. The lowest BCUT2D eigenvalue weighted by molar-refractivity contribution is 0.373. The first kappa shape index (κ1) is 15.8. The van der Waals surface area contributed by atoms with E-state index in [1.54, 1.807) is 20.3 Å². The average molecular weight is 310 g/mol. The van der Waals surface area contributed by atoms with E-state index in [2.05, 4.69) is 20.6 Å². The molecule has 0 unspecified atom stereocenters. The molecule has 1 fully saturated rings. The molecule has 0 atom stereocenters. The van der Waals surface area contributed by atoms with E-state index in [1.807, 2.05) is 0 Å². The molecule has 0 radical (unpaired) electrons. The number of aromatic nitrogens is 2. The molecule has 1 saturated carbocycles. The maximum Gasteiger partial charge on any atom is 0.235 e. The quantitative estimate of drug-likeness (QED) is 0.654. The predicted octanol–water partition coefficient (Wildman–Crippen LogP) is 2.50. The third kappa shape index (κ3) is 5.00. The summed E-state index contributed by atoms with van der Waals surface area (Å²) in [6.07, 6.45) is 7.45. The second-order valence-corrected chi connectivity index (χ2v) is 5.47. The normalized spacial score (nSPS) is 15.9. The monoisotopic (exact) mass is 310 g/mol. The molecule has 0 aliphatic heterocycles. The lowest BCUT2D eigenvalue weighted by Gasteiger charge is -2.18. The molecule has 6 nitrogen and oxygen atoms in total. The van der Waals surface area contributed by atoms with Crippen molar-refractivity contribution in [3.63, 3.8) is 0 Å². The molecule has 0 bridgehead atoms. The first-order valence-corrected chi connectivity index (χ1v) is 7.66. The highest BCUT2D eigenvalue weighted by Gasteiger charge is 2.14. The minimum atomic E-state index is 0.373. The molecule has 1 aromatic rings. The molecule has 2 N–H and O–H groups in total. The molecule has 7 heteroatoms. The van der Waals surface area contributed by atoms with Gasteiger partial charge in [-0.1, -0.05) is 25.7 Å². The van der Waals surface area contributed by atoms with Crippen LogP contribution < -0.4 is 20.1 Å². The van der Waals surface area contributed by atoms with E-state index in [4.69, 9.17) is 21.7 Å². The molecule has 0 aromatic carbocycles. The Morgan fingerprint density at radius 2 is 1.67 bits per heavy atom. The predicted molar refractivity (Wildman–Crippen MR) is 86.0 cm³/mol. The molecule has 0 saturated heterocycles. The fraction of sp³-hybridized carbons (Fsp3) is 0.643. The van der Waals surface area contributed by atoms with Crippen LogP contribution in [0.2, 0.25) is 0 Å². The number of thiocarbonyl (C=S) groups is 1. The van der Waals surface area contributed by atoms with Crippen molar-refractivity contribution >= 4 is 23.3 Å². The van der Waals surface area contributed by atoms with Crippen LogP contribution in [-0.4, -0.2) is 35.3 Å². The van der Waals surface area contributed by atoms with E-state index in [0.717, 1.165) is 12.8 Å². The van der Waals surface area contributed by atoms with Crippen molar-refractivity contribution < 1.29 is 9.47 Å². The summed E-state index contributed by atoms with van der Waals surface area (Å²) in [7, 11) is 3.10. The highest BCUT2D eigenvalue weighted by molar-refractivity contribution is 7.80. The van der Waals surface area contributed by atoms with Crippen molar-refractivity contribution in [1.29, 1.82) is 0 Å². The van der Waals surface area contributed by atoms with Crippen LogP contribution in [0.5, 0.6) is 11.8 Å². The number of rotatable bonds is 4. The first-order valence-electron chi connectivity index (χ1n) is 7.26. The van der Waals surface area contributed by atoms with E-state index in [0.29, 0.717) is 28.9 Å². The molecule has 21 heavy (non-hydrogen) atoms. The summed E-state index contributed by atoms with van der Waals surface area (Å²) >= 11 is 5.34. The standard InChI is InChI=1S/C14H22N4O2S/c1-19-11-9-12(20-2)17-13(16-11)18-14(21)15-10-7-5-3-4-6-8-10/h9-10H,3-8H2,1-2H3,(H2,15,16,17,18,21). The molecule has 1 aliphatic rings. The van der Waals surface area contributed by atoms with E-state index in [-0.39, 0.29) is 0 Å². The van der Waals surface area contributed by atoms with Gasteiger partial charge in [-0.25, -0.2) is 0 Å². The fourth-order valence-corrected chi connectivity index (χ4v) is 2.67. The minimum Gasteiger partial charge on any atom is -0.481 e. The Balaban J connectivity index is 1.95. The summed E-state index contributed by atoms with van der Waals surface area (Å²) < 4.78 is 10.2. The Morgan fingerprint density at radius 3 is 2.19 bits per heavy atom. The van der Waals surface area contributed by atoms with Crippen LogP contribution in [0.4, 0.5) is 5.95 Å². The maximum atomic E-state index is 5.34. The number of ether oxygens (including phenoxy) is 2. The van der Waals surface area contributed by atoms with Gasteiger partial charge in [0.15, 0.2) is 5.11 Å². The van der Waals surface area contributed by atoms with Crippen LogP contribution in [0.15, 0.2) is 6.07 Å².